The zero-order valence-corrected chi connectivity index (χ0v) is 17.7. The summed E-state index contributed by atoms with van der Waals surface area (Å²) in [4.78, 5) is 4.71. The molecule has 0 saturated carbocycles. The van der Waals surface area contributed by atoms with Crippen LogP contribution in [0.1, 0.15) is 40.6 Å². The summed E-state index contributed by atoms with van der Waals surface area (Å²) in [7, 11) is 0. The van der Waals surface area contributed by atoms with E-state index in [2.05, 4.69) is 91.5 Å². The van der Waals surface area contributed by atoms with Gasteiger partial charge in [0.05, 0.1) is 11.4 Å². The molecule has 0 fully saturated rings. The number of hydrogen-bond acceptors (Lipinski definition) is 1. The topological polar surface area (TPSA) is 17.3 Å². The van der Waals surface area contributed by atoms with Crippen LogP contribution < -0.4 is 0 Å². The minimum atomic E-state index is 0.950. The van der Waals surface area contributed by atoms with Crippen LogP contribution in [0.15, 0.2) is 51.9 Å². The van der Waals surface area contributed by atoms with E-state index in [1.54, 1.807) is 0 Å². The largest absolute Gasteiger partial charge is 0.317 e. The van der Waals surface area contributed by atoms with Crippen LogP contribution in [0.4, 0.5) is 5.69 Å². The zero-order chi connectivity index (χ0) is 18.8. The molecule has 26 heavy (non-hydrogen) atoms. The highest BCUT2D eigenvalue weighted by Gasteiger charge is 2.14. The molecule has 134 valence electrons. The molecular weight excluding hydrogens is 384 g/mol. The summed E-state index contributed by atoms with van der Waals surface area (Å²) in [6, 6.07) is 15.0. The summed E-state index contributed by atoms with van der Waals surface area (Å²) < 4.78 is 3.38. The van der Waals surface area contributed by atoms with E-state index in [1.807, 2.05) is 12.3 Å². The number of aryl methyl sites for hydroxylation is 4. The van der Waals surface area contributed by atoms with Gasteiger partial charge in [0.2, 0.25) is 0 Å². The normalized spacial score (nSPS) is 11.5. The third-order valence-electron chi connectivity index (χ3n) is 4.84. The van der Waals surface area contributed by atoms with Crippen LogP contribution in [-0.2, 0) is 6.42 Å². The monoisotopic (exact) mass is 408 g/mol. The summed E-state index contributed by atoms with van der Waals surface area (Å²) in [5.74, 6) is 0. The highest BCUT2D eigenvalue weighted by Crippen LogP contribution is 2.28. The fourth-order valence-corrected chi connectivity index (χ4v) is 4.04. The highest BCUT2D eigenvalue weighted by molar-refractivity contribution is 9.10. The average Bonchev–Trinajstić information content (AvgIpc) is 2.88. The Labute approximate surface area is 164 Å². The Morgan fingerprint density at radius 3 is 2.50 bits per heavy atom. The Hall–Kier alpha value is -2.13. The standard InChI is InChI=1S/C23H25BrN2/c1-6-19-9-7-8-16(3)23(19)26-17(4)13-20(18(26)5)14-25-22-11-10-15(2)12-21(22)24/h7-14H,6H2,1-5H3. The molecule has 0 radical (unpaired) electrons. The van der Waals surface area contributed by atoms with Gasteiger partial charge in [-0.2, -0.15) is 0 Å². The lowest BCUT2D eigenvalue weighted by Gasteiger charge is -2.17. The highest BCUT2D eigenvalue weighted by atomic mass is 79.9. The van der Waals surface area contributed by atoms with E-state index in [0.29, 0.717) is 0 Å². The van der Waals surface area contributed by atoms with Gasteiger partial charge in [0, 0.05) is 27.6 Å². The summed E-state index contributed by atoms with van der Waals surface area (Å²) in [6.45, 7) is 10.8. The van der Waals surface area contributed by atoms with Gasteiger partial charge in [-0.25, -0.2) is 0 Å². The third kappa shape index (κ3) is 3.54. The van der Waals surface area contributed by atoms with Gasteiger partial charge in [-0.15, -0.1) is 0 Å². The first kappa shape index (κ1) is 18.7. The van der Waals surface area contributed by atoms with Gasteiger partial charge in [-0.1, -0.05) is 31.2 Å². The molecule has 0 aliphatic heterocycles. The maximum atomic E-state index is 4.71. The maximum Gasteiger partial charge on any atom is 0.0772 e. The molecular formula is C23H25BrN2. The number of aliphatic imine (C=N–C) groups is 1. The second-order valence-electron chi connectivity index (χ2n) is 6.81. The van der Waals surface area contributed by atoms with Crippen LogP contribution in [0.5, 0.6) is 0 Å². The van der Waals surface area contributed by atoms with E-state index in [1.165, 1.54) is 33.8 Å². The molecule has 1 heterocycles. The molecule has 0 unspecified atom stereocenters. The van der Waals surface area contributed by atoms with Crippen molar-refractivity contribution in [3.63, 3.8) is 0 Å². The predicted octanol–water partition coefficient (Wildman–Crippen LogP) is 6.79. The van der Waals surface area contributed by atoms with Gasteiger partial charge in [-0.3, -0.25) is 4.99 Å². The molecule has 0 spiro atoms. The predicted molar refractivity (Wildman–Crippen MR) is 115 cm³/mol. The Bertz CT molecular complexity index is 980. The third-order valence-corrected chi connectivity index (χ3v) is 5.48. The lowest BCUT2D eigenvalue weighted by atomic mass is 10.1. The molecule has 0 saturated heterocycles. The quantitative estimate of drug-likeness (QED) is 0.423. The van der Waals surface area contributed by atoms with Gasteiger partial charge >= 0.3 is 0 Å². The average molecular weight is 409 g/mol. The first-order chi connectivity index (χ1) is 12.4. The van der Waals surface area contributed by atoms with Crippen molar-refractivity contribution < 1.29 is 0 Å². The van der Waals surface area contributed by atoms with Gasteiger partial charge in [0.1, 0.15) is 0 Å². The van der Waals surface area contributed by atoms with Crippen LogP contribution in [0.3, 0.4) is 0 Å². The van der Waals surface area contributed by atoms with Crippen LogP contribution in [0.25, 0.3) is 5.69 Å². The minimum Gasteiger partial charge on any atom is -0.317 e. The van der Waals surface area contributed by atoms with E-state index >= 15 is 0 Å². The van der Waals surface area contributed by atoms with Gasteiger partial charge in [-0.05, 0) is 84.9 Å². The Balaban J connectivity index is 2.06. The lowest BCUT2D eigenvalue weighted by molar-refractivity contribution is 0.926. The first-order valence-corrected chi connectivity index (χ1v) is 9.79. The van der Waals surface area contributed by atoms with Crippen molar-refractivity contribution in [2.75, 3.05) is 0 Å². The van der Waals surface area contributed by atoms with Crippen molar-refractivity contribution in [3.8, 4) is 5.69 Å². The van der Waals surface area contributed by atoms with Crippen LogP contribution in [-0.4, -0.2) is 10.8 Å². The number of rotatable bonds is 4. The molecule has 0 aliphatic carbocycles. The van der Waals surface area contributed by atoms with Gasteiger partial charge < -0.3 is 4.57 Å². The zero-order valence-electron chi connectivity index (χ0n) is 16.1. The van der Waals surface area contributed by atoms with E-state index in [0.717, 1.165) is 22.1 Å². The van der Waals surface area contributed by atoms with Crippen molar-refractivity contribution in [1.82, 2.24) is 4.57 Å². The van der Waals surface area contributed by atoms with Crippen molar-refractivity contribution in [2.24, 2.45) is 4.99 Å². The Morgan fingerprint density at radius 2 is 1.81 bits per heavy atom. The summed E-state index contributed by atoms with van der Waals surface area (Å²) in [5.41, 5.74) is 9.76. The Kier molecular flexibility index (Phi) is 5.47. The number of aromatic nitrogens is 1. The van der Waals surface area contributed by atoms with E-state index in [9.17, 15) is 0 Å². The van der Waals surface area contributed by atoms with Crippen molar-refractivity contribution >= 4 is 27.8 Å². The molecule has 2 nitrogen and oxygen atoms in total. The number of para-hydroxylation sites is 1. The van der Waals surface area contributed by atoms with Crippen molar-refractivity contribution in [2.45, 2.75) is 41.0 Å². The molecule has 2 aromatic carbocycles. The van der Waals surface area contributed by atoms with Crippen LogP contribution >= 0.6 is 15.9 Å². The van der Waals surface area contributed by atoms with Gasteiger partial charge in [0.15, 0.2) is 0 Å². The van der Waals surface area contributed by atoms with Crippen molar-refractivity contribution in [1.29, 1.82) is 0 Å². The van der Waals surface area contributed by atoms with E-state index in [-0.39, 0.29) is 0 Å². The Morgan fingerprint density at radius 1 is 1.04 bits per heavy atom. The first-order valence-electron chi connectivity index (χ1n) is 9.00. The molecule has 0 aliphatic rings. The molecule has 0 atom stereocenters. The SMILES string of the molecule is CCc1cccc(C)c1-n1c(C)cc(C=Nc2ccc(C)cc2Br)c1C. The van der Waals surface area contributed by atoms with E-state index < -0.39 is 0 Å². The summed E-state index contributed by atoms with van der Waals surface area (Å²) in [6.07, 6.45) is 2.99. The van der Waals surface area contributed by atoms with Crippen LogP contribution in [0, 0.1) is 27.7 Å². The van der Waals surface area contributed by atoms with Crippen LogP contribution in [0.2, 0.25) is 0 Å². The molecule has 3 rings (SSSR count). The second-order valence-corrected chi connectivity index (χ2v) is 7.67. The maximum absolute atomic E-state index is 4.71. The molecule has 3 heteroatoms. The summed E-state index contributed by atoms with van der Waals surface area (Å²) >= 11 is 3.61. The molecule has 0 amide bonds. The number of hydrogen-bond donors (Lipinski definition) is 0. The molecule has 1 aromatic heterocycles. The number of halogens is 1. The minimum absolute atomic E-state index is 0.950. The fraction of sp³-hybridized carbons (Fsp3) is 0.261. The van der Waals surface area contributed by atoms with Crippen molar-refractivity contribution in [3.05, 3.63) is 80.6 Å². The lowest BCUT2D eigenvalue weighted by Crippen LogP contribution is -2.05. The number of benzene rings is 2. The fourth-order valence-electron chi connectivity index (χ4n) is 3.44. The number of nitrogens with zero attached hydrogens (tertiary/aromatic N) is 2. The molecule has 3 aromatic rings. The summed E-state index contributed by atoms with van der Waals surface area (Å²) in [5, 5.41) is 0. The van der Waals surface area contributed by atoms with E-state index in [4.69, 9.17) is 4.99 Å². The smallest absolute Gasteiger partial charge is 0.0772 e. The van der Waals surface area contributed by atoms with Gasteiger partial charge in [0.25, 0.3) is 0 Å². The second kappa shape index (κ2) is 7.63. The molecule has 0 N–H and O–H groups in total. The molecule has 0 bridgehead atoms.